The summed E-state index contributed by atoms with van der Waals surface area (Å²) in [5.74, 6) is 0.287. The molecule has 2 aromatic heterocycles. The van der Waals surface area contributed by atoms with Gasteiger partial charge >= 0.3 is 0 Å². The Balaban J connectivity index is 1.39. The van der Waals surface area contributed by atoms with Crippen LogP contribution in [0.15, 0.2) is 33.9 Å². The van der Waals surface area contributed by atoms with Gasteiger partial charge in [0.15, 0.2) is 5.43 Å². The average molecular weight is 409 g/mol. The molecular formula is C23H28N4O3. The first-order valence-corrected chi connectivity index (χ1v) is 10.9. The lowest BCUT2D eigenvalue weighted by atomic mass is 9.83. The van der Waals surface area contributed by atoms with Crippen molar-refractivity contribution in [2.75, 3.05) is 26.2 Å². The molecule has 7 nitrogen and oxygen atoms in total. The molecule has 2 fully saturated rings. The highest BCUT2D eigenvalue weighted by Gasteiger charge is 2.37. The number of aryl methyl sites for hydroxylation is 1. The number of amides is 1. The number of aromatic nitrogens is 2. The maximum atomic E-state index is 13.2. The number of hydrogen-bond acceptors (Lipinski definition) is 4. The Hall–Kier alpha value is -2.67. The molecule has 0 aromatic carbocycles. The lowest BCUT2D eigenvalue weighted by Gasteiger charge is -2.43. The SMILES string of the molecule is Cc1cc(=O)cc(C(=O)N2C[C@@H]3C[C@H](C2)c2ccc(CN4CCCC4)c(=O)n2C3)[nH]1. The maximum Gasteiger partial charge on any atom is 0.270 e. The molecule has 0 aliphatic carbocycles. The van der Waals surface area contributed by atoms with Gasteiger partial charge in [-0.05, 0) is 51.3 Å². The van der Waals surface area contributed by atoms with Crippen molar-refractivity contribution in [1.82, 2.24) is 19.4 Å². The van der Waals surface area contributed by atoms with Gasteiger partial charge in [-0.2, -0.15) is 0 Å². The van der Waals surface area contributed by atoms with E-state index in [1.54, 1.807) is 6.92 Å². The van der Waals surface area contributed by atoms with Crippen LogP contribution in [0.5, 0.6) is 0 Å². The Kier molecular flexibility index (Phi) is 4.85. The third-order valence-corrected chi connectivity index (χ3v) is 6.77. The normalized spacial score (nSPS) is 23.4. The lowest BCUT2D eigenvalue weighted by Crippen LogP contribution is -2.49. The third-order valence-electron chi connectivity index (χ3n) is 6.77. The van der Waals surface area contributed by atoms with E-state index in [0.29, 0.717) is 31.0 Å². The summed E-state index contributed by atoms with van der Waals surface area (Å²) in [7, 11) is 0. The minimum Gasteiger partial charge on any atom is -0.354 e. The summed E-state index contributed by atoms with van der Waals surface area (Å²) in [5, 5.41) is 0. The van der Waals surface area contributed by atoms with Gasteiger partial charge in [-0.1, -0.05) is 6.07 Å². The second-order valence-corrected chi connectivity index (χ2v) is 9.10. The smallest absolute Gasteiger partial charge is 0.270 e. The molecule has 0 unspecified atom stereocenters. The molecule has 0 radical (unpaired) electrons. The van der Waals surface area contributed by atoms with Crippen molar-refractivity contribution in [3.05, 3.63) is 67.5 Å². The van der Waals surface area contributed by atoms with Crippen LogP contribution in [-0.2, 0) is 13.1 Å². The van der Waals surface area contributed by atoms with Crippen LogP contribution < -0.4 is 11.0 Å². The zero-order valence-corrected chi connectivity index (χ0v) is 17.4. The van der Waals surface area contributed by atoms with Crippen molar-refractivity contribution >= 4 is 5.91 Å². The molecule has 3 aliphatic rings. The molecule has 3 aliphatic heterocycles. The minimum atomic E-state index is -0.158. The summed E-state index contributed by atoms with van der Waals surface area (Å²) in [4.78, 5) is 45.3. The molecule has 2 saturated heterocycles. The van der Waals surface area contributed by atoms with Crippen molar-refractivity contribution in [3.63, 3.8) is 0 Å². The van der Waals surface area contributed by atoms with E-state index in [9.17, 15) is 14.4 Å². The van der Waals surface area contributed by atoms with Crippen LogP contribution in [0.2, 0.25) is 0 Å². The number of carbonyl (C=O) groups excluding carboxylic acids is 1. The van der Waals surface area contributed by atoms with E-state index in [0.717, 1.165) is 37.3 Å². The van der Waals surface area contributed by atoms with Gasteiger partial charge in [-0.25, -0.2) is 0 Å². The quantitative estimate of drug-likeness (QED) is 0.839. The second-order valence-electron chi connectivity index (χ2n) is 9.10. The first kappa shape index (κ1) is 19.3. The van der Waals surface area contributed by atoms with Gasteiger partial charge in [0, 0.05) is 61.2 Å². The summed E-state index contributed by atoms with van der Waals surface area (Å²) in [6.07, 6.45) is 3.43. The van der Waals surface area contributed by atoms with E-state index in [1.807, 2.05) is 15.5 Å². The van der Waals surface area contributed by atoms with Crippen molar-refractivity contribution in [2.24, 2.45) is 5.92 Å². The Bertz CT molecular complexity index is 1100. The monoisotopic (exact) mass is 408 g/mol. The Morgan fingerprint density at radius 2 is 1.90 bits per heavy atom. The van der Waals surface area contributed by atoms with Crippen LogP contribution >= 0.6 is 0 Å². The molecule has 2 atom stereocenters. The number of rotatable bonds is 3. The summed E-state index contributed by atoms with van der Waals surface area (Å²) in [6, 6.07) is 6.95. The van der Waals surface area contributed by atoms with Gasteiger partial charge in [0.25, 0.3) is 11.5 Å². The number of aromatic amines is 1. The number of carbonyl (C=O) groups is 1. The van der Waals surface area contributed by atoms with Gasteiger partial charge in [0.05, 0.1) is 0 Å². The van der Waals surface area contributed by atoms with E-state index in [1.165, 1.54) is 25.0 Å². The fourth-order valence-electron chi connectivity index (χ4n) is 5.43. The predicted octanol–water partition coefficient (Wildman–Crippen LogP) is 1.70. The highest BCUT2D eigenvalue weighted by atomic mass is 16.2. The zero-order valence-electron chi connectivity index (χ0n) is 17.4. The number of nitrogens with zero attached hydrogens (tertiary/aromatic N) is 3. The molecule has 1 amide bonds. The van der Waals surface area contributed by atoms with Crippen LogP contribution in [-0.4, -0.2) is 51.4 Å². The van der Waals surface area contributed by atoms with Crippen LogP contribution in [0.25, 0.3) is 0 Å². The molecule has 5 rings (SSSR count). The van der Waals surface area contributed by atoms with Crippen LogP contribution in [0.4, 0.5) is 0 Å². The predicted molar refractivity (Wildman–Crippen MR) is 114 cm³/mol. The molecule has 30 heavy (non-hydrogen) atoms. The number of likely N-dealkylation sites (tertiary alicyclic amines) is 2. The standard InChI is InChI=1S/C23H28N4O3/c1-15-8-19(28)10-20(24-15)23(30)26-11-16-9-18(14-26)21-5-4-17(22(29)27(21)12-16)13-25-6-2-3-7-25/h4-5,8,10,16,18H,2-3,6-7,9,11-14H2,1H3,(H,24,28)/t16-,18+/m0/s1. The Morgan fingerprint density at radius 3 is 2.67 bits per heavy atom. The fraction of sp³-hybridized carbons (Fsp3) is 0.522. The summed E-state index contributed by atoms with van der Waals surface area (Å²) in [6.45, 7) is 6.52. The van der Waals surface area contributed by atoms with Crippen molar-refractivity contribution < 1.29 is 4.79 Å². The van der Waals surface area contributed by atoms with Crippen LogP contribution in [0.3, 0.4) is 0 Å². The Labute approximate surface area is 175 Å². The minimum absolute atomic E-state index is 0.132. The summed E-state index contributed by atoms with van der Waals surface area (Å²) >= 11 is 0. The fourth-order valence-corrected chi connectivity index (χ4v) is 5.43. The largest absolute Gasteiger partial charge is 0.354 e. The molecule has 0 spiro atoms. The van der Waals surface area contributed by atoms with Crippen LogP contribution in [0, 0.1) is 12.8 Å². The van der Waals surface area contributed by atoms with Crippen LogP contribution in [0.1, 0.15) is 52.6 Å². The molecular weight excluding hydrogens is 380 g/mol. The molecule has 158 valence electrons. The van der Waals surface area contributed by atoms with E-state index < -0.39 is 0 Å². The molecule has 5 heterocycles. The highest BCUT2D eigenvalue weighted by molar-refractivity contribution is 5.92. The number of nitrogens with one attached hydrogen (secondary N) is 1. The lowest BCUT2D eigenvalue weighted by molar-refractivity contribution is 0.0588. The summed E-state index contributed by atoms with van der Waals surface area (Å²) in [5.41, 5.74) is 2.93. The molecule has 2 aromatic rings. The number of hydrogen-bond donors (Lipinski definition) is 1. The first-order valence-electron chi connectivity index (χ1n) is 10.9. The third kappa shape index (κ3) is 3.51. The number of H-pyrrole nitrogens is 1. The van der Waals surface area contributed by atoms with E-state index in [2.05, 4.69) is 16.0 Å². The zero-order chi connectivity index (χ0) is 20.8. The molecule has 0 saturated carbocycles. The number of piperidine rings is 1. The highest BCUT2D eigenvalue weighted by Crippen LogP contribution is 2.35. The van der Waals surface area contributed by atoms with Gasteiger partial charge in [-0.3, -0.25) is 19.3 Å². The molecule has 1 N–H and O–H groups in total. The summed E-state index contributed by atoms with van der Waals surface area (Å²) < 4.78 is 1.96. The van der Waals surface area contributed by atoms with Gasteiger partial charge in [0.2, 0.25) is 0 Å². The van der Waals surface area contributed by atoms with Gasteiger partial charge in [-0.15, -0.1) is 0 Å². The Morgan fingerprint density at radius 1 is 1.10 bits per heavy atom. The van der Waals surface area contributed by atoms with Crippen molar-refractivity contribution in [3.8, 4) is 0 Å². The van der Waals surface area contributed by atoms with E-state index >= 15 is 0 Å². The van der Waals surface area contributed by atoms with Crippen molar-refractivity contribution in [2.45, 2.75) is 45.2 Å². The maximum absolute atomic E-state index is 13.2. The van der Waals surface area contributed by atoms with Gasteiger partial charge in [0.1, 0.15) is 5.69 Å². The number of pyridine rings is 2. The van der Waals surface area contributed by atoms with Crippen molar-refractivity contribution in [1.29, 1.82) is 0 Å². The molecule has 7 heteroatoms. The average Bonchev–Trinajstić information content (AvgIpc) is 3.22. The number of fused-ring (bicyclic) bond motifs is 4. The molecule has 2 bridgehead atoms. The first-order chi connectivity index (χ1) is 14.5. The topological polar surface area (TPSA) is 78.4 Å². The van der Waals surface area contributed by atoms with E-state index in [4.69, 9.17) is 0 Å². The second kappa shape index (κ2) is 7.54. The van der Waals surface area contributed by atoms with E-state index in [-0.39, 0.29) is 28.7 Å². The van der Waals surface area contributed by atoms with Gasteiger partial charge < -0.3 is 14.5 Å².